The third-order valence-electron chi connectivity index (χ3n) is 4.14. The van der Waals surface area contributed by atoms with Gasteiger partial charge in [0.05, 0.1) is 6.04 Å². The SMILES string of the molecule is CC1(C)CC(=O)C=C(NC(c2ccccc2)c2cccnc2)C1. The number of carbonyl (C=O) groups is 1. The average Bonchev–Trinajstić information content (AvgIpc) is 2.52. The fourth-order valence-electron chi connectivity index (χ4n) is 3.18. The first-order valence-corrected chi connectivity index (χ1v) is 7.98. The van der Waals surface area contributed by atoms with Crippen molar-refractivity contribution in [3.8, 4) is 0 Å². The molecular weight excluding hydrogens is 284 g/mol. The minimum Gasteiger partial charge on any atom is -0.377 e. The van der Waals surface area contributed by atoms with Gasteiger partial charge < -0.3 is 5.32 Å². The molecule has 1 aliphatic carbocycles. The lowest BCUT2D eigenvalue weighted by Gasteiger charge is -2.32. The number of hydrogen-bond acceptors (Lipinski definition) is 3. The zero-order chi connectivity index (χ0) is 16.3. The number of pyridine rings is 1. The molecule has 0 aliphatic heterocycles. The highest BCUT2D eigenvalue weighted by atomic mass is 16.1. The summed E-state index contributed by atoms with van der Waals surface area (Å²) in [7, 11) is 0. The van der Waals surface area contributed by atoms with Gasteiger partial charge in [-0.3, -0.25) is 9.78 Å². The van der Waals surface area contributed by atoms with Crippen LogP contribution in [0.25, 0.3) is 0 Å². The summed E-state index contributed by atoms with van der Waals surface area (Å²) in [4.78, 5) is 16.3. The van der Waals surface area contributed by atoms with Crippen LogP contribution in [0, 0.1) is 5.41 Å². The van der Waals surface area contributed by atoms with E-state index in [4.69, 9.17) is 0 Å². The predicted molar refractivity (Wildman–Crippen MR) is 91.8 cm³/mol. The van der Waals surface area contributed by atoms with Crippen molar-refractivity contribution in [1.29, 1.82) is 0 Å². The van der Waals surface area contributed by atoms with Crippen LogP contribution in [0.15, 0.2) is 66.6 Å². The predicted octanol–water partition coefficient (Wildman–Crippen LogP) is 4.03. The van der Waals surface area contributed by atoms with E-state index in [0.29, 0.717) is 6.42 Å². The molecule has 0 saturated carbocycles. The molecule has 0 amide bonds. The lowest BCUT2D eigenvalue weighted by molar-refractivity contribution is -0.117. The third kappa shape index (κ3) is 3.86. The largest absolute Gasteiger partial charge is 0.377 e. The van der Waals surface area contributed by atoms with E-state index in [2.05, 4.69) is 42.3 Å². The second-order valence-corrected chi connectivity index (χ2v) is 6.93. The van der Waals surface area contributed by atoms with Crippen molar-refractivity contribution in [2.45, 2.75) is 32.7 Å². The van der Waals surface area contributed by atoms with Crippen molar-refractivity contribution in [3.63, 3.8) is 0 Å². The van der Waals surface area contributed by atoms with Crippen LogP contribution in [0.2, 0.25) is 0 Å². The molecule has 1 N–H and O–H groups in total. The van der Waals surface area contributed by atoms with E-state index >= 15 is 0 Å². The molecule has 3 rings (SSSR count). The lowest BCUT2D eigenvalue weighted by atomic mass is 9.78. The monoisotopic (exact) mass is 306 g/mol. The summed E-state index contributed by atoms with van der Waals surface area (Å²) >= 11 is 0. The molecule has 3 heteroatoms. The van der Waals surface area contributed by atoms with Gasteiger partial charge in [-0.05, 0) is 29.0 Å². The van der Waals surface area contributed by atoms with Gasteiger partial charge in [0.25, 0.3) is 0 Å². The molecule has 1 unspecified atom stereocenters. The Morgan fingerprint density at radius 1 is 1.04 bits per heavy atom. The van der Waals surface area contributed by atoms with Crippen molar-refractivity contribution in [1.82, 2.24) is 10.3 Å². The van der Waals surface area contributed by atoms with Crippen molar-refractivity contribution < 1.29 is 4.79 Å². The number of benzene rings is 1. The van der Waals surface area contributed by atoms with Gasteiger partial charge in [0, 0.05) is 30.6 Å². The normalized spacial score (nSPS) is 18.2. The van der Waals surface area contributed by atoms with Crippen molar-refractivity contribution in [3.05, 3.63) is 77.8 Å². The molecule has 23 heavy (non-hydrogen) atoms. The smallest absolute Gasteiger partial charge is 0.157 e. The maximum atomic E-state index is 12.0. The Morgan fingerprint density at radius 2 is 1.78 bits per heavy atom. The molecule has 0 spiro atoms. The molecule has 3 nitrogen and oxygen atoms in total. The fourth-order valence-corrected chi connectivity index (χ4v) is 3.18. The molecule has 118 valence electrons. The molecule has 0 radical (unpaired) electrons. The van der Waals surface area contributed by atoms with E-state index in [1.807, 2.05) is 30.5 Å². The molecule has 0 bridgehead atoms. The van der Waals surface area contributed by atoms with Crippen LogP contribution in [0.3, 0.4) is 0 Å². The van der Waals surface area contributed by atoms with Crippen LogP contribution in [-0.2, 0) is 4.79 Å². The van der Waals surface area contributed by atoms with E-state index in [1.54, 1.807) is 12.3 Å². The summed E-state index contributed by atoms with van der Waals surface area (Å²) in [5.74, 6) is 0.196. The summed E-state index contributed by atoms with van der Waals surface area (Å²) < 4.78 is 0. The topological polar surface area (TPSA) is 42.0 Å². The second-order valence-electron chi connectivity index (χ2n) is 6.93. The van der Waals surface area contributed by atoms with E-state index in [9.17, 15) is 4.79 Å². The number of aromatic nitrogens is 1. The van der Waals surface area contributed by atoms with Gasteiger partial charge in [-0.15, -0.1) is 0 Å². The van der Waals surface area contributed by atoms with Gasteiger partial charge in [0.15, 0.2) is 5.78 Å². The van der Waals surface area contributed by atoms with Gasteiger partial charge >= 0.3 is 0 Å². The molecule has 1 aromatic heterocycles. The number of hydrogen-bond donors (Lipinski definition) is 1. The molecular formula is C20H22N2O. The highest BCUT2D eigenvalue weighted by molar-refractivity contribution is 5.91. The van der Waals surface area contributed by atoms with Crippen LogP contribution in [0.5, 0.6) is 0 Å². The lowest BCUT2D eigenvalue weighted by Crippen LogP contribution is -2.30. The number of rotatable bonds is 4. The Kier molecular flexibility index (Phi) is 4.28. The summed E-state index contributed by atoms with van der Waals surface area (Å²) in [5, 5.41) is 3.57. The summed E-state index contributed by atoms with van der Waals surface area (Å²) in [5.41, 5.74) is 3.27. The van der Waals surface area contributed by atoms with Crippen molar-refractivity contribution >= 4 is 5.78 Å². The molecule has 2 aromatic rings. The maximum absolute atomic E-state index is 12.0. The Balaban J connectivity index is 1.93. The van der Waals surface area contributed by atoms with E-state index < -0.39 is 0 Å². The van der Waals surface area contributed by atoms with Gasteiger partial charge in [-0.2, -0.15) is 0 Å². The molecule has 1 heterocycles. The third-order valence-corrected chi connectivity index (χ3v) is 4.14. The first-order valence-electron chi connectivity index (χ1n) is 7.98. The Hall–Kier alpha value is -2.42. The number of ketones is 1. The number of nitrogens with zero attached hydrogens (tertiary/aromatic N) is 1. The molecule has 1 aromatic carbocycles. The Labute approximate surface area is 137 Å². The van der Waals surface area contributed by atoms with E-state index in [-0.39, 0.29) is 17.2 Å². The second kappa shape index (κ2) is 6.37. The van der Waals surface area contributed by atoms with Crippen molar-refractivity contribution in [2.75, 3.05) is 0 Å². The minimum atomic E-state index is -0.00199. The zero-order valence-corrected chi connectivity index (χ0v) is 13.6. The van der Waals surface area contributed by atoms with Crippen LogP contribution in [0.4, 0.5) is 0 Å². The molecule has 1 atom stereocenters. The maximum Gasteiger partial charge on any atom is 0.157 e. The van der Waals surface area contributed by atoms with Crippen molar-refractivity contribution in [2.24, 2.45) is 5.41 Å². The number of carbonyl (C=O) groups excluding carboxylic acids is 1. The van der Waals surface area contributed by atoms with E-state index in [1.165, 1.54) is 0 Å². The average molecular weight is 306 g/mol. The number of nitrogens with one attached hydrogen (secondary N) is 1. The highest BCUT2D eigenvalue weighted by Gasteiger charge is 2.28. The van der Waals surface area contributed by atoms with Crippen LogP contribution in [-0.4, -0.2) is 10.8 Å². The zero-order valence-electron chi connectivity index (χ0n) is 13.6. The van der Waals surface area contributed by atoms with Gasteiger partial charge in [-0.1, -0.05) is 50.2 Å². The van der Waals surface area contributed by atoms with Gasteiger partial charge in [0.2, 0.25) is 0 Å². The highest BCUT2D eigenvalue weighted by Crippen LogP contribution is 2.34. The van der Waals surface area contributed by atoms with Crippen LogP contribution in [0.1, 0.15) is 43.9 Å². The summed E-state index contributed by atoms with van der Waals surface area (Å²) in [6.07, 6.45) is 6.90. The minimum absolute atomic E-state index is 0.00199. The molecule has 0 saturated heterocycles. The number of allylic oxidation sites excluding steroid dienone is 2. The Bertz CT molecular complexity index is 665. The standard InChI is InChI=1S/C20H22N2O/c1-20(2)12-17(11-18(23)13-20)22-19(15-7-4-3-5-8-15)16-9-6-10-21-14-16/h3-11,14,19,22H,12-13H2,1-2H3. The summed E-state index contributed by atoms with van der Waals surface area (Å²) in [6, 6.07) is 14.3. The first-order chi connectivity index (χ1) is 11.0. The molecule has 1 aliphatic rings. The summed E-state index contributed by atoms with van der Waals surface area (Å²) in [6.45, 7) is 4.28. The molecule has 0 fully saturated rings. The van der Waals surface area contributed by atoms with Gasteiger partial charge in [0.1, 0.15) is 0 Å². The fraction of sp³-hybridized carbons (Fsp3) is 0.300. The van der Waals surface area contributed by atoms with Crippen LogP contribution < -0.4 is 5.32 Å². The Morgan fingerprint density at radius 3 is 2.43 bits per heavy atom. The van der Waals surface area contributed by atoms with Gasteiger partial charge in [-0.25, -0.2) is 0 Å². The quantitative estimate of drug-likeness (QED) is 0.927. The van der Waals surface area contributed by atoms with E-state index in [0.717, 1.165) is 23.2 Å². The first kappa shape index (κ1) is 15.5. The van der Waals surface area contributed by atoms with Crippen LogP contribution >= 0.6 is 0 Å².